The Hall–Kier alpha value is -2.09. The normalized spacial score (nSPS) is 10.7. The highest BCUT2D eigenvalue weighted by atomic mass is 15.3. The van der Waals surface area contributed by atoms with Crippen LogP contribution in [-0.4, -0.2) is 6.21 Å². The number of benzene rings is 2. The van der Waals surface area contributed by atoms with Crippen molar-refractivity contribution in [2.75, 3.05) is 5.43 Å². The second kappa shape index (κ2) is 5.30. The molecule has 17 heavy (non-hydrogen) atoms. The number of hydrogen-bond donors (Lipinski definition) is 1. The molecule has 1 N–H and O–H groups in total. The highest BCUT2D eigenvalue weighted by Crippen LogP contribution is 2.08. The van der Waals surface area contributed by atoms with Gasteiger partial charge in [0.15, 0.2) is 0 Å². The largest absolute Gasteiger partial charge is 0.279 e. The van der Waals surface area contributed by atoms with Crippen LogP contribution in [0, 0.1) is 13.8 Å². The molecule has 0 heterocycles. The van der Waals surface area contributed by atoms with E-state index < -0.39 is 0 Å². The van der Waals surface area contributed by atoms with E-state index in [-0.39, 0.29) is 0 Å². The average Bonchev–Trinajstić information content (AvgIpc) is 2.29. The molecule has 0 bridgehead atoms. The van der Waals surface area contributed by atoms with Crippen LogP contribution in [0.3, 0.4) is 0 Å². The molecule has 86 valence electrons. The lowest BCUT2D eigenvalue weighted by atomic mass is 10.1. The SMILES string of the molecule is Cc1cc(C)cc(C=NNc2ccccc2)c1. The summed E-state index contributed by atoms with van der Waals surface area (Å²) >= 11 is 0. The monoisotopic (exact) mass is 224 g/mol. The van der Waals surface area contributed by atoms with Gasteiger partial charge in [-0.25, -0.2) is 0 Å². The Morgan fingerprint density at radius 1 is 0.941 bits per heavy atom. The van der Waals surface area contributed by atoms with Crippen molar-refractivity contribution in [3.63, 3.8) is 0 Å². The zero-order valence-electron chi connectivity index (χ0n) is 10.1. The van der Waals surface area contributed by atoms with E-state index in [0.717, 1.165) is 11.3 Å². The maximum Gasteiger partial charge on any atom is 0.0561 e. The van der Waals surface area contributed by atoms with E-state index in [2.05, 4.69) is 42.6 Å². The van der Waals surface area contributed by atoms with E-state index >= 15 is 0 Å². The van der Waals surface area contributed by atoms with Gasteiger partial charge in [-0.05, 0) is 31.5 Å². The van der Waals surface area contributed by atoms with Crippen molar-refractivity contribution in [2.45, 2.75) is 13.8 Å². The minimum absolute atomic E-state index is 0.994. The van der Waals surface area contributed by atoms with Gasteiger partial charge < -0.3 is 0 Å². The van der Waals surface area contributed by atoms with E-state index in [1.54, 1.807) is 0 Å². The van der Waals surface area contributed by atoms with Gasteiger partial charge in [0.25, 0.3) is 0 Å². The molecule has 0 spiro atoms. The van der Waals surface area contributed by atoms with Gasteiger partial charge in [0.1, 0.15) is 0 Å². The molecule has 0 aromatic heterocycles. The topological polar surface area (TPSA) is 24.4 Å². The average molecular weight is 224 g/mol. The number of aryl methyl sites for hydroxylation is 2. The minimum Gasteiger partial charge on any atom is -0.279 e. The quantitative estimate of drug-likeness (QED) is 0.623. The van der Waals surface area contributed by atoms with Gasteiger partial charge in [-0.1, -0.05) is 47.5 Å². The van der Waals surface area contributed by atoms with E-state index in [9.17, 15) is 0 Å². The Morgan fingerprint density at radius 2 is 1.59 bits per heavy atom. The third kappa shape index (κ3) is 3.45. The summed E-state index contributed by atoms with van der Waals surface area (Å²) in [6.07, 6.45) is 1.84. The first-order valence-corrected chi connectivity index (χ1v) is 5.66. The molecule has 2 rings (SSSR count). The van der Waals surface area contributed by atoms with Crippen LogP contribution in [0.25, 0.3) is 0 Å². The molecule has 2 aromatic carbocycles. The van der Waals surface area contributed by atoms with E-state index in [4.69, 9.17) is 0 Å². The number of para-hydroxylation sites is 1. The van der Waals surface area contributed by atoms with Gasteiger partial charge in [-0.2, -0.15) is 5.10 Å². The predicted molar refractivity (Wildman–Crippen MR) is 73.6 cm³/mol. The number of nitrogens with one attached hydrogen (secondary N) is 1. The molecule has 0 aliphatic carbocycles. The molecular weight excluding hydrogens is 208 g/mol. The molecule has 0 radical (unpaired) electrons. The summed E-state index contributed by atoms with van der Waals surface area (Å²) in [4.78, 5) is 0. The minimum atomic E-state index is 0.994. The van der Waals surface area contributed by atoms with Gasteiger partial charge in [0, 0.05) is 0 Å². The summed E-state index contributed by atoms with van der Waals surface area (Å²) in [7, 11) is 0. The lowest BCUT2D eigenvalue weighted by Crippen LogP contribution is -1.91. The fourth-order valence-electron chi connectivity index (χ4n) is 1.78. The molecule has 0 amide bonds. The van der Waals surface area contributed by atoms with Gasteiger partial charge in [0.2, 0.25) is 0 Å². The summed E-state index contributed by atoms with van der Waals surface area (Å²) in [5.74, 6) is 0. The lowest BCUT2D eigenvalue weighted by Gasteiger charge is -2.01. The Balaban J connectivity index is 2.06. The number of hydrogen-bond acceptors (Lipinski definition) is 2. The van der Waals surface area contributed by atoms with Crippen molar-refractivity contribution < 1.29 is 0 Å². The first kappa shape index (κ1) is 11.4. The van der Waals surface area contributed by atoms with Crippen molar-refractivity contribution in [1.29, 1.82) is 0 Å². The van der Waals surface area contributed by atoms with Crippen LogP contribution in [0.4, 0.5) is 5.69 Å². The molecule has 0 atom stereocenters. The molecule has 2 nitrogen and oxygen atoms in total. The second-order valence-corrected chi connectivity index (χ2v) is 4.16. The van der Waals surface area contributed by atoms with E-state index in [0.29, 0.717) is 0 Å². The van der Waals surface area contributed by atoms with Crippen molar-refractivity contribution >= 4 is 11.9 Å². The van der Waals surface area contributed by atoms with Gasteiger partial charge in [0.05, 0.1) is 11.9 Å². The fourth-order valence-corrected chi connectivity index (χ4v) is 1.78. The van der Waals surface area contributed by atoms with Crippen molar-refractivity contribution in [1.82, 2.24) is 0 Å². The first-order chi connectivity index (χ1) is 8.24. The summed E-state index contributed by atoms with van der Waals surface area (Å²) in [5.41, 5.74) is 7.62. The Kier molecular flexibility index (Phi) is 3.55. The molecule has 0 saturated carbocycles. The number of hydrazone groups is 1. The Morgan fingerprint density at radius 3 is 2.24 bits per heavy atom. The van der Waals surface area contributed by atoms with Gasteiger partial charge >= 0.3 is 0 Å². The van der Waals surface area contributed by atoms with Gasteiger partial charge in [-0.3, -0.25) is 5.43 Å². The van der Waals surface area contributed by atoms with Crippen LogP contribution in [-0.2, 0) is 0 Å². The smallest absolute Gasteiger partial charge is 0.0561 e. The summed E-state index contributed by atoms with van der Waals surface area (Å²) in [6, 6.07) is 16.3. The number of anilines is 1. The fraction of sp³-hybridized carbons (Fsp3) is 0.133. The highest BCUT2D eigenvalue weighted by molar-refractivity contribution is 5.80. The molecule has 0 aliphatic heterocycles. The maximum atomic E-state index is 4.22. The zero-order valence-corrected chi connectivity index (χ0v) is 10.1. The summed E-state index contributed by atoms with van der Waals surface area (Å²) in [5, 5.41) is 4.22. The van der Waals surface area contributed by atoms with Crippen molar-refractivity contribution in [2.24, 2.45) is 5.10 Å². The summed E-state index contributed by atoms with van der Waals surface area (Å²) in [6.45, 7) is 4.18. The van der Waals surface area contributed by atoms with Crippen molar-refractivity contribution in [3.05, 3.63) is 65.2 Å². The van der Waals surface area contributed by atoms with Crippen LogP contribution in [0.1, 0.15) is 16.7 Å². The molecule has 0 unspecified atom stereocenters. The maximum absolute atomic E-state index is 4.22. The molecule has 0 saturated heterocycles. The number of nitrogens with zero attached hydrogens (tertiary/aromatic N) is 1. The van der Waals surface area contributed by atoms with E-state index in [1.165, 1.54) is 11.1 Å². The second-order valence-electron chi connectivity index (χ2n) is 4.16. The molecule has 2 heteroatoms. The van der Waals surface area contributed by atoms with Crippen LogP contribution in [0.15, 0.2) is 53.6 Å². The molecular formula is C15H16N2. The zero-order chi connectivity index (χ0) is 12.1. The predicted octanol–water partition coefficient (Wildman–Crippen LogP) is 3.75. The molecule has 0 aliphatic rings. The van der Waals surface area contributed by atoms with E-state index in [1.807, 2.05) is 36.5 Å². The lowest BCUT2D eigenvalue weighted by molar-refractivity contribution is 1.33. The molecule has 0 fully saturated rings. The standard InChI is InChI=1S/C15H16N2/c1-12-8-13(2)10-14(9-12)11-16-17-15-6-4-3-5-7-15/h3-11,17H,1-2H3. The Labute approximate surface area is 102 Å². The van der Waals surface area contributed by atoms with Crippen LogP contribution < -0.4 is 5.43 Å². The third-order valence-corrected chi connectivity index (χ3v) is 2.43. The first-order valence-electron chi connectivity index (χ1n) is 5.66. The van der Waals surface area contributed by atoms with Crippen LogP contribution in [0.5, 0.6) is 0 Å². The van der Waals surface area contributed by atoms with Crippen LogP contribution in [0.2, 0.25) is 0 Å². The third-order valence-electron chi connectivity index (χ3n) is 2.43. The van der Waals surface area contributed by atoms with Crippen LogP contribution >= 0.6 is 0 Å². The number of rotatable bonds is 3. The molecule has 2 aromatic rings. The highest BCUT2D eigenvalue weighted by Gasteiger charge is 1.92. The summed E-state index contributed by atoms with van der Waals surface area (Å²) < 4.78 is 0. The van der Waals surface area contributed by atoms with Gasteiger partial charge in [-0.15, -0.1) is 0 Å². The Bertz CT molecular complexity index is 495. The van der Waals surface area contributed by atoms with Crippen molar-refractivity contribution in [3.8, 4) is 0 Å².